The normalized spacial score (nSPS) is 11.5. The zero-order chi connectivity index (χ0) is 83.6. The van der Waals surface area contributed by atoms with Gasteiger partial charge >= 0.3 is 0 Å². The monoisotopic (exact) mass is 2530 g/mol. The van der Waals surface area contributed by atoms with Crippen molar-refractivity contribution < 1.29 is 101 Å². The summed E-state index contributed by atoms with van der Waals surface area (Å²) in [5, 5.41) is 17.8. The van der Waals surface area contributed by atoms with Gasteiger partial charge in [-0.3, -0.25) is 24.9 Å². The summed E-state index contributed by atoms with van der Waals surface area (Å²) < 4.78 is 11.2. The fraction of sp³-hybridized carbons (Fsp3) is 0.180. The molecule has 0 saturated carbocycles. The van der Waals surface area contributed by atoms with Crippen molar-refractivity contribution in [2.45, 2.75) is 134 Å². The van der Waals surface area contributed by atoms with Crippen molar-refractivity contribution in [2.75, 3.05) is 0 Å². The number of pyridine rings is 5. The summed E-state index contributed by atoms with van der Waals surface area (Å²) in [6.45, 7) is 35.6. The summed E-state index contributed by atoms with van der Waals surface area (Å²) in [7, 11) is 0. The molecule has 0 aliphatic carbocycles. The predicted octanol–water partition coefficient (Wildman–Crippen LogP) is 28.5. The van der Waals surface area contributed by atoms with Crippen molar-refractivity contribution in [2.24, 2.45) is 0 Å². The summed E-state index contributed by atoms with van der Waals surface area (Å²) in [4.78, 5) is 23.5. The molecule has 13 aromatic carbocycles. The molecule has 10 aromatic heterocycles. The van der Waals surface area contributed by atoms with Crippen LogP contribution in [0.2, 0.25) is 0 Å². The van der Waals surface area contributed by atoms with Crippen molar-refractivity contribution in [1.29, 1.82) is 0 Å². The van der Waals surface area contributed by atoms with E-state index in [1.165, 1.54) is 171 Å². The Morgan fingerprint density at radius 3 is 1.44 bits per heavy atom. The molecule has 23 rings (SSSR count). The van der Waals surface area contributed by atoms with Gasteiger partial charge in [0.25, 0.3) is 0 Å². The average molecular weight is 2530 g/mol. The maximum Gasteiger partial charge on any atom is 0.0774 e. The van der Waals surface area contributed by atoms with Crippen LogP contribution in [0.25, 0.3) is 170 Å². The molecule has 23 aromatic rings. The van der Waals surface area contributed by atoms with Crippen molar-refractivity contribution in [3.05, 3.63) is 359 Å². The maximum atomic E-state index is 4.97. The van der Waals surface area contributed by atoms with Crippen LogP contribution in [0, 0.1) is 78.8 Å². The second-order valence-corrected chi connectivity index (χ2v) is 34.7. The number of rotatable bonds is 5. The van der Waals surface area contributed by atoms with Crippen LogP contribution in [0.3, 0.4) is 0 Å². The third-order valence-corrected chi connectivity index (χ3v) is 24.6. The Hall–Kier alpha value is -10.6. The molecule has 0 aliphatic rings. The van der Waals surface area contributed by atoms with Crippen molar-refractivity contribution >= 4 is 148 Å². The number of nitrogens with zero attached hydrogens (tertiary/aromatic N) is 10. The molecule has 0 N–H and O–H groups in total. The van der Waals surface area contributed by atoms with Gasteiger partial charge in [-0.25, -0.2) is 0 Å². The second-order valence-electron chi connectivity index (χ2n) is 34.7. The number of hydrogen-bond acceptors (Lipinski definition) is 5. The quantitative estimate of drug-likeness (QED) is 0.127. The fourth-order valence-electron chi connectivity index (χ4n) is 18.4. The van der Waals surface area contributed by atoms with E-state index in [0.717, 1.165) is 60.7 Å². The molecular weight excluding hydrogens is 2430 g/mol. The zero-order valence-corrected chi connectivity index (χ0v) is 85.2. The molecule has 10 heterocycles. The van der Waals surface area contributed by atoms with Crippen LogP contribution in [0.5, 0.6) is 0 Å². The van der Waals surface area contributed by atoms with Gasteiger partial charge in [0.15, 0.2) is 0 Å². The number of aromatic nitrogens is 10. The molecule has 15 heteroatoms. The third kappa shape index (κ3) is 16.1. The van der Waals surface area contributed by atoms with Crippen molar-refractivity contribution in [1.82, 2.24) is 46.9 Å². The molecule has 10 nitrogen and oxygen atoms in total. The van der Waals surface area contributed by atoms with Gasteiger partial charge in [-0.15, -0.1) is 142 Å². The number of aryl methyl sites for hydroxylation is 7. The molecule has 0 saturated heterocycles. The van der Waals surface area contributed by atoms with Gasteiger partial charge in [-0.1, -0.05) is 204 Å². The van der Waals surface area contributed by atoms with Gasteiger partial charge in [-0.2, -0.15) is 0 Å². The van der Waals surface area contributed by atoms with Crippen LogP contribution in [-0.2, 0) is 106 Å². The molecule has 0 bridgehead atoms. The van der Waals surface area contributed by atoms with Gasteiger partial charge in [0.2, 0.25) is 0 Å². The van der Waals surface area contributed by atoms with E-state index in [2.05, 4.69) is 372 Å². The van der Waals surface area contributed by atoms with Gasteiger partial charge in [0.1, 0.15) is 0 Å². The number of imidazole rings is 5. The largest absolute Gasteiger partial charge is 0.340 e. The summed E-state index contributed by atoms with van der Waals surface area (Å²) in [6.07, 6.45) is 13.7. The Labute approximate surface area is 803 Å². The van der Waals surface area contributed by atoms with Gasteiger partial charge < -0.3 is 22.0 Å². The molecular formula is C111H95Ir5N10-5. The Morgan fingerprint density at radius 1 is 0.325 bits per heavy atom. The first-order valence-electron chi connectivity index (χ1n) is 42.2. The van der Waals surface area contributed by atoms with Crippen LogP contribution in [0.4, 0.5) is 0 Å². The minimum absolute atomic E-state index is 0. The molecule has 0 atom stereocenters. The average Bonchev–Trinajstić information content (AvgIpc) is 0.901. The number of para-hydroxylation sites is 1. The van der Waals surface area contributed by atoms with E-state index >= 15 is 0 Å². The summed E-state index contributed by atoms with van der Waals surface area (Å²) in [5.41, 5.74) is 32.7. The van der Waals surface area contributed by atoms with Crippen LogP contribution >= 0.6 is 0 Å². The summed E-state index contributed by atoms with van der Waals surface area (Å²) >= 11 is 0. The molecule has 0 spiro atoms. The topological polar surface area (TPSA) is 86.5 Å². The Morgan fingerprint density at radius 2 is 0.841 bits per heavy atom. The number of benzene rings is 13. The SMILES string of the molecule is Cc1cc2c3ccc[c-]c3c3ncc(-c4c(C(C)C)cccc4C(C)C)n3c2cc1C.Cc1cc[c-]c2c1c1ccccc1n1c3cc(C(C)C)ccc3nc21.Cc1ccc2c(c1)c1ccc[c-]c1c1nccn21.Cc1ccc2c3ccc[c-]c3c3nccn3c2c1.Cc1cccc(C)c1-c1cc(C(C)(C)C)cc2c3ccc[c-]c3c3nccn3c12.[Ir].[Ir].[Ir].[Ir].[Ir]. The molecule has 0 unspecified atom stereocenters. The predicted molar refractivity (Wildman–Crippen MR) is 508 cm³/mol. The van der Waals surface area contributed by atoms with Crippen molar-refractivity contribution in [3.63, 3.8) is 0 Å². The smallest absolute Gasteiger partial charge is 0.0774 e. The Kier molecular flexibility index (Phi) is 26.9. The van der Waals surface area contributed by atoms with E-state index in [1.54, 1.807) is 0 Å². The van der Waals surface area contributed by atoms with Gasteiger partial charge in [0.05, 0.1) is 45.0 Å². The molecule has 0 aliphatic heterocycles. The van der Waals surface area contributed by atoms with E-state index in [0.29, 0.717) is 17.8 Å². The third-order valence-electron chi connectivity index (χ3n) is 24.6. The van der Waals surface area contributed by atoms with E-state index in [-0.39, 0.29) is 106 Å². The molecule has 5 radical (unpaired) electrons. The van der Waals surface area contributed by atoms with E-state index in [1.807, 2.05) is 73.4 Å². The number of fused-ring (bicyclic) bond motifs is 32. The van der Waals surface area contributed by atoms with Gasteiger partial charge in [0, 0.05) is 183 Å². The van der Waals surface area contributed by atoms with Crippen LogP contribution in [0.1, 0.15) is 141 Å². The first kappa shape index (κ1) is 91.6. The molecule has 0 amide bonds. The second kappa shape index (κ2) is 37.0. The van der Waals surface area contributed by atoms with E-state index < -0.39 is 0 Å². The van der Waals surface area contributed by atoms with E-state index in [4.69, 9.17) is 9.97 Å². The minimum Gasteiger partial charge on any atom is -0.340 e. The maximum absolute atomic E-state index is 4.97. The molecule has 0 fully saturated rings. The van der Waals surface area contributed by atoms with Crippen LogP contribution < -0.4 is 0 Å². The summed E-state index contributed by atoms with van der Waals surface area (Å²) in [5.74, 6) is 1.36. The molecule has 126 heavy (non-hydrogen) atoms. The fourth-order valence-corrected chi connectivity index (χ4v) is 18.4. The van der Waals surface area contributed by atoms with Crippen LogP contribution in [0.15, 0.2) is 268 Å². The summed E-state index contributed by atoms with van der Waals surface area (Å²) in [6, 6.07) is 96.8. The van der Waals surface area contributed by atoms with E-state index in [9.17, 15) is 0 Å². The van der Waals surface area contributed by atoms with Crippen LogP contribution in [-0.4, -0.2) is 46.9 Å². The molecule has 639 valence electrons. The zero-order valence-electron chi connectivity index (χ0n) is 73.3. The van der Waals surface area contributed by atoms with Gasteiger partial charge in [-0.05, 0) is 190 Å². The first-order chi connectivity index (χ1) is 58.6. The standard InChI is InChI=1S/C29H29N2.C27H25N2.C23H19N2.2C16H11N2.5Ir/c1-17(2)21-12-9-13-22(18(3)4)28(21)27-16-30-29-24-11-8-7-10-23(24)25-14-19(5)20(6)15-26(25)31(27)29;1-17-9-8-10-18(2)24(17)23-16-19(27(3,4)5)15-22-20-11-6-7-12-21(20)26-28-13-14-29(26)25(22)23;1-14(2)16-11-12-19-21(13-16)25-20-10-5-4-8-17(20)22-15(3)7-6-9-18(22)23(25)24-19;1-11-6-7-13-12-4-2-3-5-14(12)16-17-8-9-18(16)15(13)10-11;1-11-6-7-15-14(10-11)12-4-2-3-5-13(12)16-17-8-9-18(15)16;;;;;/h7-10,12-18H,1-6H3;6-11,13-16H,1-5H3;4-8,10-14H,1-3H3;2*2-4,6-10H,1H3;;;;;/q5*-1;;;;;. The Balaban J connectivity index is 0.000000128. The number of hydrogen-bond donors (Lipinski definition) is 0. The first-order valence-corrected chi connectivity index (χ1v) is 42.2. The minimum atomic E-state index is 0. The van der Waals surface area contributed by atoms with Crippen molar-refractivity contribution in [3.8, 4) is 22.4 Å². The Bertz CT molecular complexity index is 8070.